The molecule has 1 amide bonds. The first-order valence-electron chi connectivity index (χ1n) is 7.15. The lowest BCUT2D eigenvalue weighted by atomic mass is 9.95. The molecule has 0 saturated heterocycles. The lowest BCUT2D eigenvalue weighted by Gasteiger charge is -2.22. The zero-order valence-electron chi connectivity index (χ0n) is 12.0. The molecule has 1 heterocycles. The fraction of sp³-hybridized carbons (Fsp3) is 0.769. The van der Waals surface area contributed by atoms with Crippen molar-refractivity contribution in [2.75, 3.05) is 11.1 Å². The van der Waals surface area contributed by atoms with Gasteiger partial charge in [0.05, 0.1) is 5.75 Å². The molecular weight excluding hydrogens is 292 g/mol. The number of nitrogens with one attached hydrogen (secondary N) is 2. The predicted molar refractivity (Wildman–Crippen MR) is 84.4 cm³/mol. The predicted octanol–water partition coefficient (Wildman–Crippen LogP) is 2.90. The molecule has 2 N–H and O–H groups in total. The zero-order chi connectivity index (χ0) is 14.4. The van der Waals surface area contributed by atoms with Crippen molar-refractivity contribution in [1.29, 1.82) is 0 Å². The minimum atomic E-state index is 0.107. The highest BCUT2D eigenvalue weighted by Gasteiger charge is 2.16. The third kappa shape index (κ3) is 5.28. The van der Waals surface area contributed by atoms with Crippen molar-refractivity contribution in [2.45, 2.75) is 62.4 Å². The Hall–Kier alpha value is -0.820. The maximum absolute atomic E-state index is 11.9. The number of anilines is 1. The van der Waals surface area contributed by atoms with Crippen LogP contribution < -0.4 is 10.6 Å². The number of nitrogens with zero attached hydrogens (tertiary/aromatic N) is 2. The molecule has 1 aliphatic rings. The third-order valence-corrected chi connectivity index (χ3v) is 5.10. The third-order valence-electron chi connectivity index (χ3n) is 3.12. The van der Waals surface area contributed by atoms with Crippen molar-refractivity contribution >= 4 is 34.1 Å². The second-order valence-corrected chi connectivity index (χ2v) is 7.56. The van der Waals surface area contributed by atoms with E-state index in [-0.39, 0.29) is 5.91 Å². The van der Waals surface area contributed by atoms with Crippen LogP contribution in [0.4, 0.5) is 5.13 Å². The van der Waals surface area contributed by atoms with E-state index >= 15 is 0 Å². The SMILES string of the molecule is CC(C)Nc1nnc(SCC(=O)NC2CCCCC2)s1. The van der Waals surface area contributed by atoms with E-state index in [0.717, 1.165) is 22.3 Å². The highest BCUT2D eigenvalue weighted by molar-refractivity contribution is 8.01. The lowest BCUT2D eigenvalue weighted by molar-refractivity contribution is -0.119. The van der Waals surface area contributed by atoms with Crippen LogP contribution in [0.5, 0.6) is 0 Å². The first-order valence-corrected chi connectivity index (χ1v) is 8.96. The number of rotatable bonds is 6. The highest BCUT2D eigenvalue weighted by Crippen LogP contribution is 2.25. The summed E-state index contributed by atoms with van der Waals surface area (Å²) in [4.78, 5) is 11.9. The van der Waals surface area contributed by atoms with Crippen LogP contribution in [0, 0.1) is 0 Å². The van der Waals surface area contributed by atoms with E-state index in [1.165, 1.54) is 42.4 Å². The number of thioether (sulfide) groups is 1. The summed E-state index contributed by atoms with van der Waals surface area (Å²) < 4.78 is 0.840. The van der Waals surface area contributed by atoms with Crippen LogP contribution in [-0.2, 0) is 4.79 Å². The van der Waals surface area contributed by atoms with Gasteiger partial charge in [0.25, 0.3) is 0 Å². The van der Waals surface area contributed by atoms with Crippen LogP contribution in [0.1, 0.15) is 46.0 Å². The summed E-state index contributed by atoms with van der Waals surface area (Å²) in [5.74, 6) is 0.530. The first-order chi connectivity index (χ1) is 9.63. The number of hydrogen-bond donors (Lipinski definition) is 2. The molecule has 1 saturated carbocycles. The van der Waals surface area contributed by atoms with Gasteiger partial charge in [-0.05, 0) is 26.7 Å². The van der Waals surface area contributed by atoms with Gasteiger partial charge in [-0.15, -0.1) is 10.2 Å². The molecule has 20 heavy (non-hydrogen) atoms. The van der Waals surface area contributed by atoms with Crippen molar-refractivity contribution in [1.82, 2.24) is 15.5 Å². The molecule has 2 rings (SSSR count). The molecule has 1 aliphatic carbocycles. The van der Waals surface area contributed by atoms with Crippen molar-refractivity contribution in [2.24, 2.45) is 0 Å². The molecular formula is C13H22N4OS2. The molecule has 1 aromatic heterocycles. The quantitative estimate of drug-likeness (QED) is 0.790. The van der Waals surface area contributed by atoms with Gasteiger partial charge in [0.1, 0.15) is 0 Å². The van der Waals surface area contributed by atoms with Crippen molar-refractivity contribution in [3.63, 3.8) is 0 Å². The van der Waals surface area contributed by atoms with Gasteiger partial charge in [-0.25, -0.2) is 0 Å². The second-order valence-electron chi connectivity index (χ2n) is 5.36. The molecule has 0 spiro atoms. The van der Waals surface area contributed by atoms with Crippen LogP contribution >= 0.6 is 23.1 Å². The fourth-order valence-electron chi connectivity index (χ4n) is 2.22. The van der Waals surface area contributed by atoms with Crippen molar-refractivity contribution in [3.05, 3.63) is 0 Å². The number of aromatic nitrogens is 2. The molecule has 7 heteroatoms. The van der Waals surface area contributed by atoms with E-state index in [1.807, 2.05) is 0 Å². The summed E-state index contributed by atoms with van der Waals surface area (Å²) in [6.07, 6.45) is 6.02. The van der Waals surface area contributed by atoms with Crippen molar-refractivity contribution < 1.29 is 4.79 Å². The molecule has 5 nitrogen and oxygen atoms in total. The fourth-order valence-corrected chi connectivity index (χ4v) is 3.93. The maximum atomic E-state index is 11.9. The Morgan fingerprint density at radius 3 is 2.80 bits per heavy atom. The minimum absolute atomic E-state index is 0.107. The van der Waals surface area contributed by atoms with E-state index < -0.39 is 0 Å². The molecule has 1 fully saturated rings. The first kappa shape index (κ1) is 15.6. The van der Waals surface area contributed by atoms with Gasteiger partial charge >= 0.3 is 0 Å². The Morgan fingerprint density at radius 1 is 1.35 bits per heavy atom. The summed E-state index contributed by atoms with van der Waals surface area (Å²) in [6, 6.07) is 0.722. The Kier molecular flexibility index (Phi) is 6.09. The smallest absolute Gasteiger partial charge is 0.230 e. The normalized spacial score (nSPS) is 16.4. The van der Waals surface area contributed by atoms with Crippen LogP contribution in [0.15, 0.2) is 4.34 Å². The monoisotopic (exact) mass is 314 g/mol. The van der Waals surface area contributed by atoms with Gasteiger partial charge in [0.2, 0.25) is 11.0 Å². The lowest BCUT2D eigenvalue weighted by Crippen LogP contribution is -2.37. The Balaban J connectivity index is 1.71. The standard InChI is InChI=1S/C13H22N4OS2/c1-9(2)14-12-16-17-13(20-12)19-8-11(18)15-10-6-4-3-5-7-10/h9-10H,3-8H2,1-2H3,(H,14,16)(H,15,18). The van der Waals surface area contributed by atoms with Gasteiger partial charge in [-0.1, -0.05) is 42.4 Å². The van der Waals surface area contributed by atoms with Crippen LogP contribution in [0.3, 0.4) is 0 Å². The van der Waals surface area contributed by atoms with E-state index in [0.29, 0.717) is 17.8 Å². The van der Waals surface area contributed by atoms with Gasteiger partial charge in [0, 0.05) is 12.1 Å². The van der Waals surface area contributed by atoms with Gasteiger partial charge in [-0.2, -0.15) is 0 Å². The minimum Gasteiger partial charge on any atom is -0.358 e. The summed E-state index contributed by atoms with van der Waals surface area (Å²) >= 11 is 2.96. The number of amides is 1. The summed E-state index contributed by atoms with van der Waals surface area (Å²) in [5, 5.41) is 15.3. The van der Waals surface area contributed by atoms with Gasteiger partial charge in [-0.3, -0.25) is 4.79 Å². The van der Waals surface area contributed by atoms with E-state index in [1.54, 1.807) is 0 Å². The molecule has 112 valence electrons. The van der Waals surface area contributed by atoms with Gasteiger partial charge < -0.3 is 10.6 Å². The maximum Gasteiger partial charge on any atom is 0.230 e. The molecule has 0 unspecified atom stereocenters. The van der Waals surface area contributed by atoms with Crippen LogP contribution in [-0.4, -0.2) is 33.9 Å². The number of carbonyl (C=O) groups excluding carboxylic acids is 1. The topological polar surface area (TPSA) is 66.9 Å². The molecule has 0 aromatic carbocycles. The van der Waals surface area contributed by atoms with Gasteiger partial charge in [0.15, 0.2) is 4.34 Å². The van der Waals surface area contributed by atoms with Crippen LogP contribution in [0.25, 0.3) is 0 Å². The average molecular weight is 314 g/mol. The number of carbonyl (C=O) groups is 1. The van der Waals surface area contributed by atoms with Crippen molar-refractivity contribution in [3.8, 4) is 0 Å². The summed E-state index contributed by atoms with van der Waals surface area (Å²) in [7, 11) is 0. The Bertz CT molecular complexity index is 430. The molecule has 1 aromatic rings. The molecule has 0 atom stereocenters. The largest absolute Gasteiger partial charge is 0.358 e. The Labute approximate surface area is 128 Å². The summed E-state index contributed by atoms with van der Waals surface area (Å²) in [6.45, 7) is 4.12. The highest BCUT2D eigenvalue weighted by atomic mass is 32.2. The number of hydrogen-bond acceptors (Lipinski definition) is 6. The Morgan fingerprint density at radius 2 is 2.10 bits per heavy atom. The van der Waals surface area contributed by atoms with E-state index in [9.17, 15) is 4.79 Å². The summed E-state index contributed by atoms with van der Waals surface area (Å²) in [5.41, 5.74) is 0. The van der Waals surface area contributed by atoms with E-state index in [4.69, 9.17) is 0 Å². The zero-order valence-corrected chi connectivity index (χ0v) is 13.6. The van der Waals surface area contributed by atoms with Crippen LogP contribution in [0.2, 0.25) is 0 Å². The molecule has 0 bridgehead atoms. The molecule has 0 radical (unpaired) electrons. The van der Waals surface area contributed by atoms with E-state index in [2.05, 4.69) is 34.7 Å². The second kappa shape index (κ2) is 7.83. The average Bonchev–Trinajstić information content (AvgIpc) is 2.84. The molecule has 0 aliphatic heterocycles.